The molecule has 2 heterocycles. The highest BCUT2D eigenvalue weighted by Crippen LogP contribution is 2.28. The Labute approximate surface area is 82.7 Å². The van der Waals surface area contributed by atoms with E-state index in [1.807, 2.05) is 27.7 Å². The molecule has 0 atom stereocenters. The summed E-state index contributed by atoms with van der Waals surface area (Å²) in [7, 11) is 0. The van der Waals surface area contributed by atoms with Crippen molar-refractivity contribution in [3.05, 3.63) is 22.8 Å². The Hall–Kier alpha value is -1.58. The van der Waals surface area contributed by atoms with E-state index in [-0.39, 0.29) is 0 Å². The van der Waals surface area contributed by atoms with Crippen LogP contribution in [0.5, 0.6) is 0 Å². The van der Waals surface area contributed by atoms with Gasteiger partial charge in [0.25, 0.3) is 0 Å². The van der Waals surface area contributed by atoms with Crippen LogP contribution in [-0.2, 0) is 0 Å². The fourth-order valence-electron chi connectivity index (χ4n) is 1.75. The molecule has 74 valence electrons. The normalized spacial score (nSPS) is 10.9. The molecule has 0 saturated carbocycles. The zero-order chi connectivity index (χ0) is 10.3. The van der Waals surface area contributed by atoms with Crippen molar-refractivity contribution in [1.82, 2.24) is 20.4 Å². The van der Waals surface area contributed by atoms with Gasteiger partial charge in [0.2, 0.25) is 0 Å². The van der Waals surface area contributed by atoms with Crippen LogP contribution in [0.4, 0.5) is 0 Å². The largest absolute Gasteiger partial charge is 0.578 e. The van der Waals surface area contributed by atoms with Gasteiger partial charge in [0.05, 0.1) is 0 Å². The third-order valence-corrected chi connectivity index (χ3v) is 2.40. The lowest BCUT2D eigenvalue weighted by atomic mass is 10.0. The van der Waals surface area contributed by atoms with Crippen molar-refractivity contribution in [1.29, 1.82) is 0 Å². The van der Waals surface area contributed by atoms with E-state index in [4.69, 9.17) is 0 Å². The summed E-state index contributed by atoms with van der Waals surface area (Å²) in [4.78, 5) is 0. The summed E-state index contributed by atoms with van der Waals surface area (Å²) in [5, 5.41) is 16.2. The van der Waals surface area contributed by atoms with Gasteiger partial charge >= 0.3 is 0 Å². The standard InChI is InChI=1S/C10H12N4/c1-5-9(6(2)12-11-5)10-7(3)13-14-8(10)4/h1-4H3/q-2. The molecule has 0 aliphatic heterocycles. The first-order chi connectivity index (χ1) is 6.61. The topological polar surface area (TPSA) is 54.0 Å². The van der Waals surface area contributed by atoms with Crippen LogP contribution in [0.1, 0.15) is 22.8 Å². The van der Waals surface area contributed by atoms with E-state index in [1.54, 1.807) is 0 Å². The molecule has 0 spiro atoms. The highest BCUT2D eigenvalue weighted by atomic mass is 15.1. The summed E-state index contributed by atoms with van der Waals surface area (Å²) < 4.78 is 0. The maximum atomic E-state index is 4.05. The molecular weight excluding hydrogens is 176 g/mol. The van der Waals surface area contributed by atoms with E-state index >= 15 is 0 Å². The highest BCUT2D eigenvalue weighted by molar-refractivity contribution is 5.72. The molecule has 0 N–H and O–H groups in total. The number of aromatic nitrogens is 4. The van der Waals surface area contributed by atoms with Gasteiger partial charge in [-0.25, -0.2) is 0 Å². The molecule has 0 aromatic carbocycles. The third kappa shape index (κ3) is 1.14. The van der Waals surface area contributed by atoms with Crippen LogP contribution < -0.4 is 10.2 Å². The zero-order valence-corrected chi connectivity index (χ0v) is 8.79. The number of hydrogen-bond donors (Lipinski definition) is 0. The second-order valence-electron chi connectivity index (χ2n) is 3.49. The van der Waals surface area contributed by atoms with E-state index in [0.29, 0.717) is 0 Å². The Morgan fingerprint density at radius 2 is 1.07 bits per heavy atom. The zero-order valence-electron chi connectivity index (χ0n) is 8.79. The SMILES string of the molecule is Cc1n[n-]c(C)c1-c1c(C)n[n-]c1C. The van der Waals surface area contributed by atoms with E-state index < -0.39 is 0 Å². The van der Waals surface area contributed by atoms with Crippen LogP contribution in [0.2, 0.25) is 0 Å². The first kappa shape index (κ1) is 8.99. The Morgan fingerprint density at radius 1 is 0.714 bits per heavy atom. The number of rotatable bonds is 1. The Kier molecular flexibility index (Phi) is 1.91. The summed E-state index contributed by atoms with van der Waals surface area (Å²) in [6.07, 6.45) is 0. The Bertz CT molecular complexity index is 381. The summed E-state index contributed by atoms with van der Waals surface area (Å²) in [6.45, 7) is 7.84. The summed E-state index contributed by atoms with van der Waals surface area (Å²) in [5.41, 5.74) is 5.97. The van der Waals surface area contributed by atoms with Crippen LogP contribution in [0.25, 0.3) is 11.1 Å². The van der Waals surface area contributed by atoms with Gasteiger partial charge in [-0.3, -0.25) is 0 Å². The predicted molar refractivity (Wildman–Crippen MR) is 53.1 cm³/mol. The number of aryl methyl sites for hydroxylation is 4. The maximum absolute atomic E-state index is 4.05. The first-order valence-corrected chi connectivity index (χ1v) is 4.54. The molecule has 0 amide bonds. The van der Waals surface area contributed by atoms with Crippen molar-refractivity contribution < 1.29 is 0 Å². The molecule has 2 aromatic heterocycles. The van der Waals surface area contributed by atoms with Gasteiger partial charge in [-0.15, -0.1) is 11.4 Å². The lowest BCUT2D eigenvalue weighted by molar-refractivity contribution is 0.989. The third-order valence-electron chi connectivity index (χ3n) is 2.40. The molecular formula is C10H12N4-2. The lowest BCUT2D eigenvalue weighted by Crippen LogP contribution is -1.86. The van der Waals surface area contributed by atoms with Crippen LogP contribution >= 0.6 is 0 Å². The molecule has 0 unspecified atom stereocenters. The summed E-state index contributed by atoms with van der Waals surface area (Å²) in [6, 6.07) is 0. The van der Waals surface area contributed by atoms with Gasteiger partial charge < -0.3 is 20.4 Å². The van der Waals surface area contributed by atoms with E-state index in [1.165, 1.54) is 0 Å². The molecule has 2 rings (SSSR count). The number of hydrogen-bond acceptors (Lipinski definition) is 2. The minimum Gasteiger partial charge on any atom is -0.578 e. The number of nitrogens with zero attached hydrogens (tertiary/aromatic N) is 4. The average molecular weight is 188 g/mol. The molecule has 0 radical (unpaired) electrons. The highest BCUT2D eigenvalue weighted by Gasteiger charge is 2.06. The maximum Gasteiger partial charge on any atom is 0.0210 e. The second kappa shape index (κ2) is 2.97. The predicted octanol–water partition coefficient (Wildman–Crippen LogP) is 1.29. The summed E-state index contributed by atoms with van der Waals surface area (Å²) >= 11 is 0. The monoisotopic (exact) mass is 188 g/mol. The second-order valence-corrected chi connectivity index (χ2v) is 3.49. The van der Waals surface area contributed by atoms with E-state index in [2.05, 4.69) is 20.4 Å². The van der Waals surface area contributed by atoms with E-state index in [9.17, 15) is 0 Å². The van der Waals surface area contributed by atoms with Gasteiger partial charge in [0.15, 0.2) is 0 Å². The molecule has 4 nitrogen and oxygen atoms in total. The average Bonchev–Trinajstić information content (AvgIpc) is 2.60. The minimum atomic E-state index is 0.948. The van der Waals surface area contributed by atoms with Crippen molar-refractivity contribution >= 4 is 0 Å². The molecule has 0 bridgehead atoms. The Balaban J connectivity index is 2.71. The molecule has 0 saturated heterocycles. The van der Waals surface area contributed by atoms with Gasteiger partial charge in [0.1, 0.15) is 0 Å². The molecule has 0 aliphatic carbocycles. The first-order valence-electron chi connectivity index (χ1n) is 4.54. The van der Waals surface area contributed by atoms with Crippen molar-refractivity contribution in [2.45, 2.75) is 27.7 Å². The molecule has 14 heavy (non-hydrogen) atoms. The van der Waals surface area contributed by atoms with Crippen molar-refractivity contribution in [3.8, 4) is 11.1 Å². The van der Waals surface area contributed by atoms with Crippen LogP contribution in [0.15, 0.2) is 0 Å². The van der Waals surface area contributed by atoms with Crippen LogP contribution in [0, 0.1) is 27.7 Å². The fraction of sp³-hybridized carbons (Fsp3) is 0.400. The fourth-order valence-corrected chi connectivity index (χ4v) is 1.75. The Morgan fingerprint density at radius 3 is 1.29 bits per heavy atom. The van der Waals surface area contributed by atoms with Crippen LogP contribution in [0.3, 0.4) is 0 Å². The lowest BCUT2D eigenvalue weighted by Gasteiger charge is -2.09. The molecule has 0 aliphatic rings. The van der Waals surface area contributed by atoms with Crippen molar-refractivity contribution in [2.24, 2.45) is 0 Å². The molecule has 2 aromatic rings. The van der Waals surface area contributed by atoms with Gasteiger partial charge in [-0.1, -0.05) is 13.8 Å². The van der Waals surface area contributed by atoms with Gasteiger partial charge in [-0.2, -0.15) is 0 Å². The summed E-state index contributed by atoms with van der Waals surface area (Å²) in [5.74, 6) is 0. The smallest absolute Gasteiger partial charge is 0.0210 e. The van der Waals surface area contributed by atoms with Crippen molar-refractivity contribution in [3.63, 3.8) is 0 Å². The van der Waals surface area contributed by atoms with Gasteiger partial charge in [-0.05, 0) is 25.0 Å². The quantitative estimate of drug-likeness (QED) is 0.676. The van der Waals surface area contributed by atoms with Crippen LogP contribution in [-0.4, -0.2) is 10.2 Å². The minimum absolute atomic E-state index is 0.948. The molecule has 4 heteroatoms. The van der Waals surface area contributed by atoms with E-state index in [0.717, 1.165) is 33.9 Å². The van der Waals surface area contributed by atoms with Crippen molar-refractivity contribution in [2.75, 3.05) is 0 Å². The van der Waals surface area contributed by atoms with Gasteiger partial charge in [0, 0.05) is 11.4 Å². The molecule has 0 fully saturated rings.